The third-order valence-electron chi connectivity index (χ3n) is 3.09. The van der Waals surface area contributed by atoms with Gasteiger partial charge in [0.1, 0.15) is 5.75 Å². The van der Waals surface area contributed by atoms with Crippen LogP contribution in [0.2, 0.25) is 5.02 Å². The molecule has 6 nitrogen and oxygen atoms in total. The Labute approximate surface area is 149 Å². The second-order valence-corrected chi connectivity index (χ2v) is 8.04. The molecule has 1 rings (SSSR count). The highest BCUT2D eigenvalue weighted by Gasteiger charge is 2.17. The molecule has 0 spiro atoms. The molecule has 0 saturated heterocycles. The van der Waals surface area contributed by atoms with Crippen molar-refractivity contribution in [3.05, 3.63) is 23.2 Å². The van der Waals surface area contributed by atoms with Crippen LogP contribution in [0.25, 0.3) is 0 Å². The van der Waals surface area contributed by atoms with Crippen molar-refractivity contribution in [1.82, 2.24) is 10.0 Å². The van der Waals surface area contributed by atoms with Crippen LogP contribution < -0.4 is 14.8 Å². The van der Waals surface area contributed by atoms with Crippen LogP contribution in [0.1, 0.15) is 40.5 Å². The molecular weight excluding hydrogens is 352 g/mol. The van der Waals surface area contributed by atoms with Crippen LogP contribution in [0.4, 0.5) is 0 Å². The third kappa shape index (κ3) is 6.67. The maximum Gasteiger partial charge on any atom is 0.258 e. The molecule has 2 N–H and O–H groups in total. The van der Waals surface area contributed by atoms with Crippen molar-refractivity contribution >= 4 is 27.5 Å². The van der Waals surface area contributed by atoms with Crippen LogP contribution >= 0.6 is 11.6 Å². The Morgan fingerprint density at radius 3 is 2.50 bits per heavy atom. The normalized spacial score (nSPS) is 12.9. The second-order valence-electron chi connectivity index (χ2n) is 5.91. The fourth-order valence-electron chi connectivity index (χ4n) is 2.11. The Kier molecular flexibility index (Phi) is 7.99. The monoisotopic (exact) mass is 376 g/mol. The van der Waals surface area contributed by atoms with Crippen LogP contribution in [-0.2, 0) is 14.8 Å². The minimum atomic E-state index is -3.62. The van der Waals surface area contributed by atoms with E-state index in [9.17, 15) is 13.2 Å². The third-order valence-corrected chi connectivity index (χ3v) is 5.04. The number of hydrogen-bond donors (Lipinski definition) is 2. The van der Waals surface area contributed by atoms with E-state index in [4.69, 9.17) is 16.3 Å². The summed E-state index contributed by atoms with van der Waals surface area (Å²) in [6.45, 7) is 7.26. The quantitative estimate of drug-likeness (QED) is 0.694. The lowest BCUT2D eigenvalue weighted by Gasteiger charge is -2.14. The number of rotatable bonds is 9. The van der Waals surface area contributed by atoms with Gasteiger partial charge in [-0.05, 0) is 45.4 Å². The van der Waals surface area contributed by atoms with E-state index in [0.29, 0.717) is 0 Å². The van der Waals surface area contributed by atoms with Gasteiger partial charge in [0.15, 0.2) is 6.61 Å². The number of sulfonamides is 1. The van der Waals surface area contributed by atoms with Crippen molar-refractivity contribution in [3.8, 4) is 5.75 Å². The largest absolute Gasteiger partial charge is 0.482 e. The average molecular weight is 377 g/mol. The van der Waals surface area contributed by atoms with Crippen molar-refractivity contribution in [2.75, 3.05) is 6.61 Å². The molecule has 136 valence electrons. The maximum atomic E-state index is 12.1. The molecule has 0 fully saturated rings. The summed E-state index contributed by atoms with van der Waals surface area (Å²) in [6, 6.07) is 4.00. The van der Waals surface area contributed by atoms with E-state index >= 15 is 0 Å². The molecule has 1 aromatic carbocycles. The Balaban J connectivity index is 2.71. The van der Waals surface area contributed by atoms with Gasteiger partial charge in [0.2, 0.25) is 10.0 Å². The summed E-state index contributed by atoms with van der Waals surface area (Å²) in [4.78, 5) is 11.8. The summed E-state index contributed by atoms with van der Waals surface area (Å²) in [5.41, 5.74) is 0. The van der Waals surface area contributed by atoms with Crippen molar-refractivity contribution in [2.24, 2.45) is 0 Å². The zero-order valence-corrected chi connectivity index (χ0v) is 16.0. The molecule has 0 aromatic heterocycles. The Hall–Kier alpha value is -1.31. The van der Waals surface area contributed by atoms with E-state index in [1.807, 2.05) is 13.8 Å². The molecule has 1 amide bonds. The van der Waals surface area contributed by atoms with E-state index < -0.39 is 10.0 Å². The van der Waals surface area contributed by atoms with Crippen LogP contribution in [-0.4, -0.2) is 33.0 Å². The first-order valence-electron chi connectivity index (χ1n) is 7.89. The summed E-state index contributed by atoms with van der Waals surface area (Å²) in [5, 5.41) is 2.95. The smallest absolute Gasteiger partial charge is 0.258 e. The molecule has 0 heterocycles. The molecule has 1 aromatic rings. The van der Waals surface area contributed by atoms with Gasteiger partial charge in [-0.2, -0.15) is 0 Å². The molecule has 0 saturated carbocycles. The van der Waals surface area contributed by atoms with Crippen molar-refractivity contribution in [3.63, 3.8) is 0 Å². The maximum absolute atomic E-state index is 12.1. The lowest BCUT2D eigenvalue weighted by atomic mass is 10.2. The number of carbonyl (C=O) groups excluding carboxylic acids is 1. The standard InChI is InChI=1S/C16H25ClN2O4S/c1-5-6-12(4)18-16(20)10-23-15-8-7-13(9-14(15)17)24(21,22)19-11(2)3/h7-9,11-12,19H,5-6,10H2,1-4H3,(H,18,20). The number of halogens is 1. The molecule has 24 heavy (non-hydrogen) atoms. The second kappa shape index (κ2) is 9.25. The Bertz CT molecular complexity index is 662. The van der Waals surface area contributed by atoms with Crippen molar-refractivity contribution < 1.29 is 17.9 Å². The van der Waals surface area contributed by atoms with Gasteiger partial charge in [-0.1, -0.05) is 24.9 Å². The minimum Gasteiger partial charge on any atom is -0.482 e. The fourth-order valence-corrected chi connectivity index (χ4v) is 3.69. The first-order valence-corrected chi connectivity index (χ1v) is 9.75. The zero-order valence-electron chi connectivity index (χ0n) is 14.4. The Morgan fingerprint density at radius 2 is 1.96 bits per heavy atom. The molecule has 0 radical (unpaired) electrons. The SMILES string of the molecule is CCCC(C)NC(=O)COc1ccc(S(=O)(=O)NC(C)C)cc1Cl. The van der Waals surface area contributed by atoms with Gasteiger partial charge in [0.05, 0.1) is 9.92 Å². The topological polar surface area (TPSA) is 84.5 Å². The van der Waals surface area contributed by atoms with Crippen molar-refractivity contribution in [1.29, 1.82) is 0 Å². The van der Waals surface area contributed by atoms with E-state index in [2.05, 4.69) is 10.0 Å². The van der Waals surface area contributed by atoms with Crippen LogP contribution in [0.15, 0.2) is 23.1 Å². The predicted octanol–water partition coefficient (Wildman–Crippen LogP) is 2.71. The van der Waals surface area contributed by atoms with Gasteiger partial charge in [-0.3, -0.25) is 4.79 Å². The lowest BCUT2D eigenvalue weighted by molar-refractivity contribution is -0.123. The first kappa shape index (κ1) is 20.7. The number of ether oxygens (including phenoxy) is 1. The van der Waals surface area contributed by atoms with Crippen LogP contribution in [0.5, 0.6) is 5.75 Å². The van der Waals surface area contributed by atoms with E-state index in [0.717, 1.165) is 12.8 Å². The molecule has 8 heteroatoms. The number of benzene rings is 1. The summed E-state index contributed by atoms with van der Waals surface area (Å²) in [6.07, 6.45) is 1.87. The number of amides is 1. The van der Waals surface area contributed by atoms with E-state index in [-0.39, 0.29) is 40.3 Å². The highest BCUT2D eigenvalue weighted by molar-refractivity contribution is 7.89. The van der Waals surface area contributed by atoms with Gasteiger partial charge < -0.3 is 10.1 Å². The van der Waals surface area contributed by atoms with E-state index in [1.54, 1.807) is 13.8 Å². The van der Waals surface area contributed by atoms with Gasteiger partial charge in [-0.15, -0.1) is 0 Å². The summed E-state index contributed by atoms with van der Waals surface area (Å²) in [5.74, 6) is 0.0173. The number of hydrogen-bond acceptors (Lipinski definition) is 4. The molecule has 0 aliphatic carbocycles. The number of nitrogens with one attached hydrogen (secondary N) is 2. The van der Waals surface area contributed by atoms with Crippen molar-refractivity contribution in [2.45, 2.75) is 57.5 Å². The molecule has 0 aliphatic rings. The van der Waals surface area contributed by atoms with Gasteiger partial charge in [0, 0.05) is 12.1 Å². The van der Waals surface area contributed by atoms with Gasteiger partial charge >= 0.3 is 0 Å². The lowest BCUT2D eigenvalue weighted by Crippen LogP contribution is -2.36. The molecule has 1 unspecified atom stereocenters. The summed E-state index contributed by atoms with van der Waals surface area (Å²) < 4.78 is 32.0. The molecule has 0 aliphatic heterocycles. The molecule has 1 atom stereocenters. The highest BCUT2D eigenvalue weighted by atomic mass is 35.5. The van der Waals surface area contributed by atoms with Crippen LogP contribution in [0.3, 0.4) is 0 Å². The summed E-state index contributed by atoms with van der Waals surface area (Å²) in [7, 11) is -3.62. The fraction of sp³-hybridized carbons (Fsp3) is 0.562. The van der Waals surface area contributed by atoms with Gasteiger partial charge in [-0.25, -0.2) is 13.1 Å². The predicted molar refractivity (Wildman–Crippen MR) is 94.9 cm³/mol. The average Bonchev–Trinajstić information content (AvgIpc) is 2.44. The minimum absolute atomic E-state index is 0.0505. The van der Waals surface area contributed by atoms with Crippen LogP contribution in [0, 0.1) is 0 Å². The molecular formula is C16H25ClN2O4S. The molecule has 0 bridgehead atoms. The zero-order chi connectivity index (χ0) is 18.3. The Morgan fingerprint density at radius 1 is 1.29 bits per heavy atom. The van der Waals surface area contributed by atoms with E-state index in [1.165, 1.54) is 18.2 Å². The van der Waals surface area contributed by atoms with Gasteiger partial charge in [0.25, 0.3) is 5.91 Å². The number of carbonyl (C=O) groups is 1. The highest BCUT2D eigenvalue weighted by Crippen LogP contribution is 2.27. The first-order chi connectivity index (χ1) is 11.2. The summed E-state index contributed by atoms with van der Waals surface area (Å²) >= 11 is 6.06.